The summed E-state index contributed by atoms with van der Waals surface area (Å²) in [5.74, 6) is 2.03. The average Bonchev–Trinajstić information content (AvgIpc) is 3.49. The third-order valence-corrected chi connectivity index (χ3v) is 7.01. The molecule has 0 saturated carbocycles. The Bertz CT molecular complexity index is 1290. The fourth-order valence-electron chi connectivity index (χ4n) is 5.05. The van der Waals surface area contributed by atoms with Gasteiger partial charge in [-0.1, -0.05) is 18.2 Å². The molecule has 1 aliphatic rings. The number of nitrogens with one attached hydrogen (secondary N) is 2. The van der Waals surface area contributed by atoms with Crippen LogP contribution in [0.15, 0.2) is 61.2 Å². The molecule has 1 aliphatic heterocycles. The number of benzene rings is 1. The first kappa shape index (κ1) is 24.1. The summed E-state index contributed by atoms with van der Waals surface area (Å²) in [4.78, 5) is 27.7. The van der Waals surface area contributed by atoms with Crippen LogP contribution < -0.4 is 10.1 Å². The maximum absolute atomic E-state index is 13.2. The fourth-order valence-corrected chi connectivity index (χ4v) is 5.05. The molecule has 3 aromatic heterocycles. The minimum atomic E-state index is -0.0910. The SMILES string of the molecule is Cc1ccc(OC[C@H]2C[C@@H](C(=O)NCCc3c[nH]c4ccccc34)CN(Cc3nccn3C)C2)cn1. The number of para-hydroxylation sites is 1. The van der Waals surface area contributed by atoms with Crippen LogP contribution in [0.1, 0.15) is 23.5 Å². The maximum atomic E-state index is 13.2. The van der Waals surface area contributed by atoms with Crippen LogP contribution in [0, 0.1) is 18.8 Å². The predicted octanol–water partition coefficient (Wildman–Crippen LogP) is 3.48. The molecular formula is C28H34N6O2. The monoisotopic (exact) mass is 486 g/mol. The number of rotatable bonds is 9. The maximum Gasteiger partial charge on any atom is 0.224 e. The molecule has 1 fully saturated rings. The summed E-state index contributed by atoms with van der Waals surface area (Å²) in [5.41, 5.74) is 3.32. The third kappa shape index (κ3) is 5.76. The molecule has 1 amide bonds. The lowest BCUT2D eigenvalue weighted by molar-refractivity contribution is -0.127. The van der Waals surface area contributed by atoms with Crippen molar-refractivity contribution in [3.8, 4) is 5.75 Å². The number of aryl methyl sites for hydroxylation is 2. The Labute approximate surface area is 211 Å². The van der Waals surface area contributed by atoms with E-state index in [4.69, 9.17) is 4.74 Å². The number of H-pyrrole nitrogens is 1. The van der Waals surface area contributed by atoms with Crippen LogP contribution in [0.5, 0.6) is 5.75 Å². The van der Waals surface area contributed by atoms with Gasteiger partial charge in [0.05, 0.1) is 25.3 Å². The van der Waals surface area contributed by atoms with E-state index in [9.17, 15) is 4.79 Å². The Balaban J connectivity index is 1.21. The number of ether oxygens (including phenoxy) is 1. The standard InChI is InChI=1S/C28H34N6O2/c1-20-7-8-24(15-31-20)36-19-21-13-23(17-34(16-21)18-27-29-11-12-33(27)2)28(35)30-10-9-22-14-32-26-6-4-3-5-25(22)26/h3-8,11-12,14-15,21,23,32H,9-10,13,16-19H2,1-2H3,(H,30,35)/t21-,23+/m0/s1. The number of piperidine rings is 1. The molecule has 4 heterocycles. The van der Waals surface area contributed by atoms with E-state index in [2.05, 4.69) is 37.3 Å². The largest absolute Gasteiger partial charge is 0.492 e. The summed E-state index contributed by atoms with van der Waals surface area (Å²) in [6.07, 6.45) is 9.18. The van der Waals surface area contributed by atoms with Crippen LogP contribution in [0.25, 0.3) is 10.9 Å². The number of fused-ring (bicyclic) bond motifs is 1. The van der Waals surface area contributed by atoms with Gasteiger partial charge in [0.2, 0.25) is 5.91 Å². The highest BCUT2D eigenvalue weighted by Crippen LogP contribution is 2.25. The van der Waals surface area contributed by atoms with Crippen molar-refractivity contribution in [2.24, 2.45) is 18.9 Å². The number of aromatic amines is 1. The van der Waals surface area contributed by atoms with Crippen molar-refractivity contribution in [3.63, 3.8) is 0 Å². The third-order valence-electron chi connectivity index (χ3n) is 7.01. The summed E-state index contributed by atoms with van der Waals surface area (Å²) in [5, 5.41) is 4.41. The van der Waals surface area contributed by atoms with Crippen LogP contribution >= 0.6 is 0 Å². The molecule has 2 N–H and O–H groups in total. The van der Waals surface area contributed by atoms with Gasteiger partial charge in [0.15, 0.2) is 0 Å². The highest BCUT2D eigenvalue weighted by molar-refractivity contribution is 5.83. The molecule has 0 spiro atoms. The van der Waals surface area contributed by atoms with Gasteiger partial charge >= 0.3 is 0 Å². The van der Waals surface area contributed by atoms with Crippen LogP contribution in [0.4, 0.5) is 0 Å². The van der Waals surface area contributed by atoms with Crippen molar-refractivity contribution in [3.05, 3.63) is 78.3 Å². The first-order valence-electron chi connectivity index (χ1n) is 12.6. The van der Waals surface area contributed by atoms with Crippen molar-refractivity contribution in [2.45, 2.75) is 26.3 Å². The van der Waals surface area contributed by atoms with Gasteiger partial charge in [-0.05, 0) is 43.5 Å². The Morgan fingerprint density at radius 2 is 2.08 bits per heavy atom. The first-order chi connectivity index (χ1) is 17.5. The number of hydrogen-bond donors (Lipinski definition) is 2. The molecule has 5 rings (SSSR count). The van der Waals surface area contributed by atoms with E-state index < -0.39 is 0 Å². The van der Waals surface area contributed by atoms with E-state index in [0.29, 0.717) is 26.2 Å². The fraction of sp³-hybridized carbons (Fsp3) is 0.393. The summed E-state index contributed by atoms with van der Waals surface area (Å²) in [6, 6.07) is 12.2. The lowest BCUT2D eigenvalue weighted by atomic mass is 9.88. The number of nitrogens with zero attached hydrogens (tertiary/aromatic N) is 4. The minimum absolute atomic E-state index is 0.0910. The van der Waals surface area contributed by atoms with Gasteiger partial charge in [-0.2, -0.15) is 0 Å². The number of imidazole rings is 1. The Hall–Kier alpha value is -3.65. The van der Waals surface area contributed by atoms with Gasteiger partial charge in [-0.25, -0.2) is 4.98 Å². The van der Waals surface area contributed by atoms with E-state index in [1.54, 1.807) is 6.20 Å². The quantitative estimate of drug-likeness (QED) is 0.378. The van der Waals surface area contributed by atoms with Crippen LogP contribution in [-0.4, -0.2) is 56.6 Å². The Morgan fingerprint density at radius 3 is 2.89 bits per heavy atom. The second-order valence-electron chi connectivity index (χ2n) is 9.79. The molecule has 8 nitrogen and oxygen atoms in total. The van der Waals surface area contributed by atoms with Crippen LogP contribution in [0.3, 0.4) is 0 Å². The van der Waals surface area contributed by atoms with E-state index in [0.717, 1.165) is 42.2 Å². The summed E-state index contributed by atoms with van der Waals surface area (Å²) in [6.45, 7) is 5.43. The van der Waals surface area contributed by atoms with E-state index in [1.165, 1.54) is 10.9 Å². The number of carbonyl (C=O) groups excluding carboxylic acids is 1. The van der Waals surface area contributed by atoms with E-state index >= 15 is 0 Å². The van der Waals surface area contributed by atoms with Crippen molar-refractivity contribution >= 4 is 16.8 Å². The molecule has 1 aromatic carbocycles. The lowest BCUT2D eigenvalue weighted by Gasteiger charge is -2.36. The molecule has 0 unspecified atom stereocenters. The Kier molecular flexibility index (Phi) is 7.32. The van der Waals surface area contributed by atoms with Crippen molar-refractivity contribution < 1.29 is 9.53 Å². The van der Waals surface area contributed by atoms with Gasteiger partial charge in [-0.3, -0.25) is 14.7 Å². The van der Waals surface area contributed by atoms with E-state index in [-0.39, 0.29) is 17.7 Å². The molecule has 8 heteroatoms. The molecule has 188 valence electrons. The highest BCUT2D eigenvalue weighted by atomic mass is 16.5. The number of pyridine rings is 1. The molecule has 1 saturated heterocycles. The number of amides is 1. The second-order valence-corrected chi connectivity index (χ2v) is 9.79. The van der Waals surface area contributed by atoms with Crippen molar-refractivity contribution in [1.82, 2.24) is 29.7 Å². The van der Waals surface area contributed by atoms with Gasteiger partial charge in [0.1, 0.15) is 11.6 Å². The smallest absolute Gasteiger partial charge is 0.224 e. The molecule has 0 bridgehead atoms. The summed E-state index contributed by atoms with van der Waals surface area (Å²) in [7, 11) is 2.01. The average molecular weight is 487 g/mol. The number of aromatic nitrogens is 4. The van der Waals surface area contributed by atoms with Crippen molar-refractivity contribution in [2.75, 3.05) is 26.2 Å². The van der Waals surface area contributed by atoms with Crippen molar-refractivity contribution in [1.29, 1.82) is 0 Å². The lowest BCUT2D eigenvalue weighted by Crippen LogP contribution is -2.47. The summed E-state index contributed by atoms with van der Waals surface area (Å²) >= 11 is 0. The zero-order valence-corrected chi connectivity index (χ0v) is 21.0. The molecule has 36 heavy (non-hydrogen) atoms. The normalized spacial score (nSPS) is 18.4. The molecule has 0 aliphatic carbocycles. The highest BCUT2D eigenvalue weighted by Gasteiger charge is 2.32. The minimum Gasteiger partial charge on any atom is -0.492 e. The number of hydrogen-bond acceptors (Lipinski definition) is 5. The Morgan fingerprint density at radius 1 is 1.19 bits per heavy atom. The zero-order valence-electron chi connectivity index (χ0n) is 21.0. The van der Waals surface area contributed by atoms with Crippen LogP contribution in [0.2, 0.25) is 0 Å². The molecule has 0 radical (unpaired) electrons. The topological polar surface area (TPSA) is 88.1 Å². The predicted molar refractivity (Wildman–Crippen MR) is 140 cm³/mol. The first-order valence-corrected chi connectivity index (χ1v) is 12.6. The molecule has 4 aromatic rings. The zero-order chi connectivity index (χ0) is 24.9. The summed E-state index contributed by atoms with van der Waals surface area (Å²) < 4.78 is 8.10. The second kappa shape index (κ2) is 11.0. The number of carbonyl (C=O) groups is 1. The van der Waals surface area contributed by atoms with E-state index in [1.807, 2.05) is 61.4 Å². The van der Waals surface area contributed by atoms with Gasteiger partial charge in [0, 0.05) is 67.8 Å². The van der Waals surface area contributed by atoms with Gasteiger partial charge in [0.25, 0.3) is 0 Å². The molecular weight excluding hydrogens is 452 g/mol. The van der Waals surface area contributed by atoms with Gasteiger partial charge < -0.3 is 19.6 Å². The molecule has 2 atom stereocenters. The van der Waals surface area contributed by atoms with Gasteiger partial charge in [-0.15, -0.1) is 0 Å². The number of likely N-dealkylation sites (tertiary alicyclic amines) is 1. The van der Waals surface area contributed by atoms with Crippen LogP contribution in [-0.2, 0) is 24.8 Å².